The molecule has 0 saturated carbocycles. The van der Waals surface area contributed by atoms with Gasteiger partial charge in [0, 0.05) is 0 Å². The van der Waals surface area contributed by atoms with Gasteiger partial charge in [-0.15, -0.1) is 0 Å². The van der Waals surface area contributed by atoms with Crippen LogP contribution in [-0.4, -0.2) is 7.11 Å². The van der Waals surface area contributed by atoms with E-state index in [2.05, 4.69) is 30.4 Å². The summed E-state index contributed by atoms with van der Waals surface area (Å²) in [5.41, 5.74) is 1.34. The van der Waals surface area contributed by atoms with Crippen molar-refractivity contribution < 1.29 is 4.74 Å². The molecule has 0 radical (unpaired) electrons. The van der Waals surface area contributed by atoms with Crippen LogP contribution in [0.25, 0.3) is 0 Å². The van der Waals surface area contributed by atoms with Gasteiger partial charge >= 0.3 is 0 Å². The first-order chi connectivity index (χ1) is 8.40. The molecule has 0 aromatic heterocycles. The number of allylic oxidation sites excluding steroid dienone is 2. The molecule has 1 unspecified atom stereocenters. The summed E-state index contributed by atoms with van der Waals surface area (Å²) >= 11 is 0. The summed E-state index contributed by atoms with van der Waals surface area (Å²) in [6.45, 7) is 0. The largest absolute Gasteiger partial charge is 0.496 e. The molecule has 1 aliphatic carbocycles. The predicted octanol–water partition coefficient (Wildman–Crippen LogP) is 4.37. The smallest absolute Gasteiger partial charge is 0.122 e. The maximum absolute atomic E-state index is 5.42. The van der Waals surface area contributed by atoms with Crippen LogP contribution < -0.4 is 4.74 Å². The second kappa shape index (κ2) is 6.48. The maximum Gasteiger partial charge on any atom is 0.122 e. The molecule has 1 atom stereocenters. The van der Waals surface area contributed by atoms with Crippen LogP contribution in [0.5, 0.6) is 5.75 Å². The maximum atomic E-state index is 5.42. The number of methoxy groups -OCH3 is 1. The summed E-state index contributed by atoms with van der Waals surface area (Å²) in [6, 6.07) is 8.38. The fourth-order valence-corrected chi connectivity index (χ4v) is 2.55. The van der Waals surface area contributed by atoms with E-state index in [0.717, 1.165) is 12.2 Å². The second-order valence-corrected chi connectivity index (χ2v) is 4.84. The van der Waals surface area contributed by atoms with Gasteiger partial charge in [0.05, 0.1) is 7.11 Å². The lowest BCUT2D eigenvalue weighted by atomic mass is 9.91. The van der Waals surface area contributed by atoms with E-state index in [9.17, 15) is 0 Å². The molecular weight excluding hydrogens is 208 g/mol. The third-order valence-corrected chi connectivity index (χ3v) is 3.53. The van der Waals surface area contributed by atoms with Gasteiger partial charge in [0.15, 0.2) is 0 Å². The molecule has 0 amide bonds. The van der Waals surface area contributed by atoms with Crippen molar-refractivity contribution in [2.45, 2.75) is 38.5 Å². The molecule has 1 nitrogen and oxygen atoms in total. The van der Waals surface area contributed by atoms with Crippen molar-refractivity contribution in [3.05, 3.63) is 42.0 Å². The molecule has 2 rings (SSSR count). The predicted molar refractivity (Wildman–Crippen MR) is 72.4 cm³/mol. The Morgan fingerprint density at radius 1 is 1.18 bits per heavy atom. The molecule has 0 N–H and O–H groups in total. The van der Waals surface area contributed by atoms with Crippen LogP contribution in [0.4, 0.5) is 0 Å². The molecule has 1 aromatic carbocycles. The molecule has 0 spiro atoms. The van der Waals surface area contributed by atoms with Gasteiger partial charge in [-0.3, -0.25) is 0 Å². The monoisotopic (exact) mass is 230 g/mol. The fourth-order valence-electron chi connectivity index (χ4n) is 2.55. The van der Waals surface area contributed by atoms with Crippen LogP contribution in [0.2, 0.25) is 0 Å². The Balaban J connectivity index is 2.05. The number of rotatable bonds is 3. The highest BCUT2D eigenvalue weighted by molar-refractivity contribution is 5.33. The minimum Gasteiger partial charge on any atom is -0.496 e. The molecule has 0 aliphatic heterocycles. The highest BCUT2D eigenvalue weighted by Crippen LogP contribution is 2.25. The Bertz CT molecular complexity index is 368. The van der Waals surface area contributed by atoms with E-state index < -0.39 is 0 Å². The quantitative estimate of drug-likeness (QED) is 0.700. The van der Waals surface area contributed by atoms with Crippen LogP contribution in [0.3, 0.4) is 0 Å². The fraction of sp³-hybridized carbons (Fsp3) is 0.500. The first-order valence-corrected chi connectivity index (χ1v) is 6.68. The van der Waals surface area contributed by atoms with Gasteiger partial charge in [-0.1, -0.05) is 43.2 Å². The number of hydrogen-bond donors (Lipinski definition) is 0. The summed E-state index contributed by atoms with van der Waals surface area (Å²) in [7, 11) is 1.76. The summed E-state index contributed by atoms with van der Waals surface area (Å²) in [4.78, 5) is 0. The summed E-state index contributed by atoms with van der Waals surface area (Å²) < 4.78 is 5.42. The van der Waals surface area contributed by atoms with Gasteiger partial charge in [-0.2, -0.15) is 0 Å². The Kier molecular flexibility index (Phi) is 4.66. The molecule has 0 saturated heterocycles. The zero-order valence-electron chi connectivity index (χ0n) is 10.7. The number of ether oxygens (including phenoxy) is 1. The van der Waals surface area contributed by atoms with Gasteiger partial charge < -0.3 is 4.74 Å². The molecule has 17 heavy (non-hydrogen) atoms. The van der Waals surface area contributed by atoms with Crippen LogP contribution in [0, 0.1) is 5.92 Å². The molecular formula is C16H22O. The van der Waals surface area contributed by atoms with E-state index >= 15 is 0 Å². The zero-order valence-corrected chi connectivity index (χ0v) is 10.7. The van der Waals surface area contributed by atoms with Crippen molar-refractivity contribution in [1.82, 2.24) is 0 Å². The third kappa shape index (κ3) is 3.62. The molecule has 92 valence electrons. The van der Waals surface area contributed by atoms with Gasteiger partial charge in [0.1, 0.15) is 5.75 Å². The Morgan fingerprint density at radius 2 is 2.06 bits per heavy atom. The van der Waals surface area contributed by atoms with Crippen molar-refractivity contribution >= 4 is 0 Å². The van der Waals surface area contributed by atoms with Crippen LogP contribution in [-0.2, 0) is 6.42 Å². The van der Waals surface area contributed by atoms with E-state index in [1.54, 1.807) is 7.11 Å². The van der Waals surface area contributed by atoms with Gasteiger partial charge in [0.2, 0.25) is 0 Å². The highest BCUT2D eigenvalue weighted by Gasteiger charge is 2.10. The molecule has 0 heterocycles. The van der Waals surface area contributed by atoms with Crippen LogP contribution in [0.1, 0.15) is 37.7 Å². The second-order valence-electron chi connectivity index (χ2n) is 4.84. The standard InChI is InChI=1S/C16H22O/c1-17-16-12-8-7-11-15(16)13-14-9-5-3-2-4-6-10-14/h5,7-9,11-12,14H,2-4,6,10,13H2,1H3. The van der Waals surface area contributed by atoms with E-state index in [4.69, 9.17) is 4.74 Å². The zero-order chi connectivity index (χ0) is 11.9. The number of para-hydroxylation sites is 1. The highest BCUT2D eigenvalue weighted by atomic mass is 16.5. The van der Waals surface area contributed by atoms with Gasteiger partial charge in [-0.05, 0) is 43.2 Å². The lowest BCUT2D eigenvalue weighted by molar-refractivity contribution is 0.405. The lowest BCUT2D eigenvalue weighted by Gasteiger charge is -2.16. The SMILES string of the molecule is COc1ccccc1CC1C=CCCCCC1. The molecule has 1 heteroatoms. The Labute approximate surface area is 104 Å². The summed E-state index contributed by atoms with van der Waals surface area (Å²) in [5.74, 6) is 1.72. The minimum absolute atomic E-state index is 0.687. The first-order valence-electron chi connectivity index (χ1n) is 6.68. The van der Waals surface area contributed by atoms with Crippen LogP contribution >= 0.6 is 0 Å². The summed E-state index contributed by atoms with van der Waals surface area (Å²) in [6.07, 6.45) is 12.6. The van der Waals surface area contributed by atoms with Gasteiger partial charge in [0.25, 0.3) is 0 Å². The third-order valence-electron chi connectivity index (χ3n) is 3.53. The van der Waals surface area contributed by atoms with Crippen LogP contribution in [0.15, 0.2) is 36.4 Å². The Hall–Kier alpha value is -1.24. The lowest BCUT2D eigenvalue weighted by Crippen LogP contribution is -2.04. The minimum atomic E-state index is 0.687. The molecule has 0 bridgehead atoms. The van der Waals surface area contributed by atoms with Crippen molar-refractivity contribution in [3.8, 4) is 5.75 Å². The Morgan fingerprint density at radius 3 is 2.94 bits per heavy atom. The normalized spacial score (nSPS) is 20.6. The van der Waals surface area contributed by atoms with Crippen molar-refractivity contribution in [3.63, 3.8) is 0 Å². The molecule has 0 fully saturated rings. The topological polar surface area (TPSA) is 9.23 Å². The number of benzene rings is 1. The first kappa shape index (κ1) is 12.2. The van der Waals surface area contributed by atoms with Crippen molar-refractivity contribution in [2.24, 2.45) is 5.92 Å². The van der Waals surface area contributed by atoms with Crippen molar-refractivity contribution in [2.75, 3.05) is 7.11 Å². The van der Waals surface area contributed by atoms with E-state index in [1.807, 2.05) is 6.07 Å². The molecule has 1 aliphatic rings. The van der Waals surface area contributed by atoms with E-state index in [-0.39, 0.29) is 0 Å². The molecule has 1 aromatic rings. The summed E-state index contributed by atoms with van der Waals surface area (Å²) in [5, 5.41) is 0. The number of hydrogen-bond acceptors (Lipinski definition) is 1. The van der Waals surface area contributed by atoms with E-state index in [1.165, 1.54) is 37.7 Å². The van der Waals surface area contributed by atoms with E-state index in [0.29, 0.717) is 5.92 Å². The van der Waals surface area contributed by atoms with Crippen molar-refractivity contribution in [1.29, 1.82) is 0 Å². The average Bonchev–Trinajstić information content (AvgIpc) is 2.33. The average molecular weight is 230 g/mol. The van der Waals surface area contributed by atoms with Gasteiger partial charge in [-0.25, -0.2) is 0 Å².